The first-order valence-electron chi connectivity index (χ1n) is 10.2. The van der Waals surface area contributed by atoms with Gasteiger partial charge in [-0.05, 0) is 30.3 Å². The molecule has 1 amide bonds. The number of hydrogen-bond acceptors (Lipinski definition) is 6. The van der Waals surface area contributed by atoms with Gasteiger partial charge < -0.3 is 19.8 Å². The van der Waals surface area contributed by atoms with Crippen molar-refractivity contribution >= 4 is 33.8 Å². The highest BCUT2D eigenvalue weighted by Crippen LogP contribution is 2.31. The molecule has 0 aliphatic rings. The summed E-state index contributed by atoms with van der Waals surface area (Å²) < 4.78 is 1.99. The van der Waals surface area contributed by atoms with Crippen LogP contribution < -0.4 is 5.32 Å². The van der Waals surface area contributed by atoms with E-state index >= 15 is 0 Å². The van der Waals surface area contributed by atoms with Crippen molar-refractivity contribution in [3.63, 3.8) is 0 Å². The largest absolute Gasteiger partial charge is 0.371 e. The molecule has 0 unspecified atom stereocenters. The number of aromatic amines is 1. The summed E-state index contributed by atoms with van der Waals surface area (Å²) >= 11 is 0. The number of nitrogens with one attached hydrogen (secondary N) is 2. The Bertz CT molecular complexity index is 1440. The molecule has 0 atom stereocenters. The average molecular weight is 426 g/mol. The van der Waals surface area contributed by atoms with E-state index in [1.54, 1.807) is 42.8 Å². The van der Waals surface area contributed by atoms with Crippen LogP contribution in [-0.4, -0.2) is 54.4 Å². The summed E-state index contributed by atoms with van der Waals surface area (Å²) in [5.41, 5.74) is 5.62. The SMILES string of the molecule is CNc1nc2[nH]c(-c3cccc(CN(C)C(=O)c4ccncc4)n3)cc2c2c1ncn2C. The average Bonchev–Trinajstić information content (AvgIpc) is 3.42. The van der Waals surface area contributed by atoms with Crippen molar-refractivity contribution in [3.05, 3.63) is 66.4 Å². The maximum absolute atomic E-state index is 12.7. The third-order valence-electron chi connectivity index (χ3n) is 5.43. The van der Waals surface area contributed by atoms with Gasteiger partial charge in [0, 0.05) is 44.5 Å². The summed E-state index contributed by atoms with van der Waals surface area (Å²) in [7, 11) is 5.57. The molecule has 0 radical (unpaired) electrons. The zero-order chi connectivity index (χ0) is 22.2. The van der Waals surface area contributed by atoms with Gasteiger partial charge in [0.05, 0.1) is 35.5 Å². The fraction of sp³-hybridized carbons (Fsp3) is 0.174. The van der Waals surface area contributed by atoms with Gasteiger partial charge in [0.1, 0.15) is 11.2 Å². The quantitative estimate of drug-likeness (QED) is 0.447. The van der Waals surface area contributed by atoms with E-state index in [2.05, 4.69) is 25.3 Å². The molecule has 32 heavy (non-hydrogen) atoms. The maximum atomic E-state index is 12.7. The number of carbonyl (C=O) groups excluding carboxylic acids is 1. The van der Waals surface area contributed by atoms with Crippen LogP contribution in [0.4, 0.5) is 5.82 Å². The number of carbonyl (C=O) groups is 1. The molecule has 0 aromatic carbocycles. The van der Waals surface area contributed by atoms with E-state index < -0.39 is 0 Å². The molecule has 0 aliphatic carbocycles. The van der Waals surface area contributed by atoms with Crippen molar-refractivity contribution < 1.29 is 4.79 Å². The topological polar surface area (TPSA) is 105 Å². The molecular formula is C23H22N8O. The number of pyridine rings is 3. The van der Waals surface area contributed by atoms with E-state index in [1.165, 1.54) is 0 Å². The fourth-order valence-corrected chi connectivity index (χ4v) is 3.86. The minimum absolute atomic E-state index is 0.0763. The Morgan fingerprint density at radius 2 is 2.00 bits per heavy atom. The lowest BCUT2D eigenvalue weighted by Crippen LogP contribution is -2.26. The van der Waals surface area contributed by atoms with Crippen LogP contribution in [0, 0.1) is 0 Å². The van der Waals surface area contributed by atoms with Gasteiger partial charge >= 0.3 is 0 Å². The van der Waals surface area contributed by atoms with E-state index in [-0.39, 0.29) is 5.91 Å². The van der Waals surface area contributed by atoms with Crippen LogP contribution in [0.5, 0.6) is 0 Å². The molecular weight excluding hydrogens is 404 g/mol. The number of rotatable bonds is 5. The Morgan fingerprint density at radius 1 is 1.19 bits per heavy atom. The van der Waals surface area contributed by atoms with Crippen LogP contribution in [-0.2, 0) is 13.6 Å². The van der Waals surface area contributed by atoms with Crippen LogP contribution in [0.3, 0.4) is 0 Å². The third-order valence-corrected chi connectivity index (χ3v) is 5.43. The van der Waals surface area contributed by atoms with Gasteiger partial charge in [0.25, 0.3) is 5.91 Å². The summed E-state index contributed by atoms with van der Waals surface area (Å²) in [6, 6.07) is 11.3. The number of aromatic nitrogens is 6. The molecule has 5 aromatic heterocycles. The summed E-state index contributed by atoms with van der Waals surface area (Å²) in [6.07, 6.45) is 5.01. The number of amides is 1. The second kappa shape index (κ2) is 7.77. The number of imidazole rings is 1. The van der Waals surface area contributed by atoms with Gasteiger partial charge in [-0.15, -0.1) is 0 Å². The van der Waals surface area contributed by atoms with Gasteiger partial charge in [0.2, 0.25) is 0 Å². The monoisotopic (exact) mass is 426 g/mol. The van der Waals surface area contributed by atoms with E-state index in [1.807, 2.05) is 42.9 Å². The molecule has 5 heterocycles. The number of fused-ring (bicyclic) bond motifs is 3. The predicted molar refractivity (Wildman–Crippen MR) is 123 cm³/mol. The molecule has 5 aromatic rings. The number of H-pyrrole nitrogens is 1. The molecule has 0 saturated heterocycles. The van der Waals surface area contributed by atoms with E-state index in [0.29, 0.717) is 12.1 Å². The molecule has 2 N–H and O–H groups in total. The predicted octanol–water partition coefficient (Wildman–Crippen LogP) is 3.22. The summed E-state index contributed by atoms with van der Waals surface area (Å²) in [5.74, 6) is 0.645. The van der Waals surface area contributed by atoms with E-state index in [0.717, 1.165) is 45.0 Å². The highest BCUT2D eigenvalue weighted by Gasteiger charge is 2.16. The second-order valence-electron chi connectivity index (χ2n) is 7.62. The molecule has 0 fully saturated rings. The molecule has 5 rings (SSSR count). The van der Waals surface area contributed by atoms with Crippen LogP contribution in [0.15, 0.2) is 55.1 Å². The minimum Gasteiger partial charge on any atom is -0.371 e. The van der Waals surface area contributed by atoms with Crippen molar-refractivity contribution in [3.8, 4) is 11.4 Å². The van der Waals surface area contributed by atoms with Crippen LogP contribution in [0.2, 0.25) is 0 Å². The van der Waals surface area contributed by atoms with Crippen LogP contribution in [0.25, 0.3) is 33.5 Å². The number of hydrogen-bond donors (Lipinski definition) is 2. The van der Waals surface area contributed by atoms with Crippen molar-refractivity contribution in [1.29, 1.82) is 0 Å². The van der Waals surface area contributed by atoms with Gasteiger partial charge in [0.15, 0.2) is 5.82 Å². The molecule has 0 aliphatic heterocycles. The number of anilines is 1. The fourth-order valence-electron chi connectivity index (χ4n) is 3.86. The van der Waals surface area contributed by atoms with Gasteiger partial charge in [-0.25, -0.2) is 15.0 Å². The Kier molecular flexibility index (Phi) is 4.78. The standard InChI is InChI=1S/C23H22N8O/c1-24-22-19-20(31(3)13-26-19)16-11-18(28-21(16)29-22)17-6-4-5-15(27-17)12-30(2)23(32)14-7-9-25-10-8-14/h4-11,13H,12H2,1-3H3,(H2,24,28,29). The van der Waals surface area contributed by atoms with Crippen LogP contribution >= 0.6 is 0 Å². The van der Waals surface area contributed by atoms with Gasteiger partial charge in [-0.2, -0.15) is 0 Å². The molecule has 160 valence electrons. The number of aryl methyl sites for hydroxylation is 1. The summed E-state index contributed by atoms with van der Waals surface area (Å²) in [5, 5.41) is 4.09. The molecule has 9 heteroatoms. The Balaban J connectivity index is 1.48. The van der Waals surface area contributed by atoms with Crippen molar-refractivity contribution in [2.24, 2.45) is 7.05 Å². The Hall–Kier alpha value is -4.27. The Morgan fingerprint density at radius 3 is 2.78 bits per heavy atom. The lowest BCUT2D eigenvalue weighted by molar-refractivity contribution is 0.0783. The minimum atomic E-state index is -0.0763. The molecule has 0 saturated carbocycles. The first kappa shape index (κ1) is 19.7. The first-order chi connectivity index (χ1) is 15.5. The lowest BCUT2D eigenvalue weighted by Gasteiger charge is -2.17. The van der Waals surface area contributed by atoms with Crippen molar-refractivity contribution in [2.75, 3.05) is 19.4 Å². The summed E-state index contributed by atoms with van der Waals surface area (Å²) in [6.45, 7) is 0.392. The highest BCUT2D eigenvalue weighted by molar-refractivity contribution is 6.07. The normalized spacial score (nSPS) is 11.2. The molecule has 0 bridgehead atoms. The van der Waals surface area contributed by atoms with E-state index in [9.17, 15) is 4.79 Å². The van der Waals surface area contributed by atoms with Crippen molar-refractivity contribution in [1.82, 2.24) is 34.4 Å². The van der Waals surface area contributed by atoms with Crippen molar-refractivity contribution in [2.45, 2.75) is 6.54 Å². The highest BCUT2D eigenvalue weighted by atomic mass is 16.2. The van der Waals surface area contributed by atoms with Gasteiger partial charge in [-0.3, -0.25) is 9.78 Å². The lowest BCUT2D eigenvalue weighted by atomic mass is 10.2. The third kappa shape index (κ3) is 3.33. The smallest absolute Gasteiger partial charge is 0.254 e. The zero-order valence-electron chi connectivity index (χ0n) is 18.0. The first-order valence-corrected chi connectivity index (χ1v) is 10.2. The van der Waals surface area contributed by atoms with E-state index in [4.69, 9.17) is 4.98 Å². The summed E-state index contributed by atoms with van der Waals surface area (Å²) in [4.78, 5) is 35.6. The molecule has 9 nitrogen and oxygen atoms in total. The zero-order valence-corrected chi connectivity index (χ0v) is 18.0. The second-order valence-corrected chi connectivity index (χ2v) is 7.62. The number of nitrogens with zero attached hydrogens (tertiary/aromatic N) is 6. The molecule has 0 spiro atoms. The Labute approximate surface area is 184 Å². The maximum Gasteiger partial charge on any atom is 0.254 e. The van der Waals surface area contributed by atoms with Crippen LogP contribution in [0.1, 0.15) is 16.1 Å². The van der Waals surface area contributed by atoms with Gasteiger partial charge in [-0.1, -0.05) is 6.07 Å².